The molecule has 0 saturated carbocycles. The molecular weight excluding hydrogens is 344 g/mol. The second-order valence-electron chi connectivity index (χ2n) is 10.1. The number of amidine groups is 1. The van der Waals surface area contributed by atoms with Gasteiger partial charge in [0.15, 0.2) is 0 Å². The van der Waals surface area contributed by atoms with Crippen molar-refractivity contribution in [3.63, 3.8) is 0 Å². The maximum Gasteiger partial charge on any atom is 0.592 e. The van der Waals surface area contributed by atoms with Crippen LogP contribution in [0.1, 0.15) is 74.8 Å². The minimum absolute atomic E-state index is 0.0959. The molecule has 0 amide bonds. The first-order valence-corrected chi connectivity index (χ1v) is 11.6. The maximum atomic E-state index is 2.75. The standard InChI is InChI=1S/C24H36N2Si/c1-16-17(2)19(4)21(18(16)3)27-25(23(5,6)7)22(26(27)24(8,9)10)20-14-12-11-13-15-20/h11-15,18H,1-10H3/q+1. The molecule has 0 fully saturated rings. The molecule has 2 nitrogen and oxygen atoms in total. The van der Waals surface area contributed by atoms with E-state index in [1.807, 2.05) is 0 Å². The monoisotopic (exact) mass is 380 g/mol. The van der Waals surface area contributed by atoms with Gasteiger partial charge in [0.1, 0.15) is 0 Å². The zero-order valence-corrected chi connectivity index (χ0v) is 19.9. The Morgan fingerprint density at radius 3 is 1.85 bits per heavy atom. The van der Waals surface area contributed by atoms with Crippen LogP contribution in [0.3, 0.4) is 0 Å². The number of rotatable bonds is 2. The lowest BCUT2D eigenvalue weighted by Crippen LogP contribution is -2.75. The molecule has 1 heterocycles. The van der Waals surface area contributed by atoms with Gasteiger partial charge in [-0.1, -0.05) is 30.7 Å². The molecule has 1 aliphatic carbocycles. The molecule has 3 rings (SSSR count). The summed E-state index contributed by atoms with van der Waals surface area (Å²) in [5.41, 5.74) is 6.12. The Bertz CT molecular complexity index is 845. The second kappa shape index (κ2) is 6.48. The summed E-state index contributed by atoms with van der Waals surface area (Å²) >= 11 is 0. The highest BCUT2D eigenvalue weighted by Crippen LogP contribution is 2.44. The number of benzene rings is 1. The molecular formula is C24H36N2Si+. The Morgan fingerprint density at radius 2 is 1.44 bits per heavy atom. The van der Waals surface area contributed by atoms with Gasteiger partial charge in [-0.25, -0.2) is 0 Å². The summed E-state index contributed by atoms with van der Waals surface area (Å²) in [6.07, 6.45) is 0. The summed E-state index contributed by atoms with van der Waals surface area (Å²) in [6, 6.07) is 11.0. The van der Waals surface area contributed by atoms with Gasteiger partial charge in [0, 0.05) is 11.1 Å². The molecule has 145 valence electrons. The van der Waals surface area contributed by atoms with E-state index in [-0.39, 0.29) is 11.1 Å². The molecule has 3 heteroatoms. The van der Waals surface area contributed by atoms with Crippen LogP contribution in [-0.2, 0) is 0 Å². The highest BCUT2D eigenvalue weighted by molar-refractivity contribution is 6.65. The SMILES string of the molecule is CC1=C(C)C(C)C([Si]2N(C(C)(C)C)C(c3ccccc3)=[N+]2C(C)(C)C)=C1C. The van der Waals surface area contributed by atoms with Crippen LogP contribution in [0, 0.1) is 5.92 Å². The highest BCUT2D eigenvalue weighted by Gasteiger charge is 2.64. The molecule has 0 N–H and O–H groups in total. The van der Waals surface area contributed by atoms with Gasteiger partial charge < -0.3 is 0 Å². The van der Waals surface area contributed by atoms with E-state index in [4.69, 9.17) is 0 Å². The van der Waals surface area contributed by atoms with Gasteiger partial charge in [-0.15, -0.1) is 0 Å². The van der Waals surface area contributed by atoms with Crippen LogP contribution in [0.4, 0.5) is 0 Å². The number of nitrogens with zero attached hydrogens (tertiary/aromatic N) is 2. The molecule has 2 aliphatic rings. The molecule has 0 spiro atoms. The summed E-state index contributed by atoms with van der Waals surface area (Å²) in [7, 11) is -1.01. The number of allylic oxidation sites excluding steroid dienone is 4. The Balaban J connectivity index is 2.26. The molecule has 1 aliphatic heterocycles. The fraction of sp³-hybridized carbons (Fsp3) is 0.542. The van der Waals surface area contributed by atoms with Gasteiger partial charge in [0.2, 0.25) is 0 Å². The van der Waals surface area contributed by atoms with Crippen LogP contribution in [0.2, 0.25) is 0 Å². The van der Waals surface area contributed by atoms with E-state index >= 15 is 0 Å². The van der Waals surface area contributed by atoms with Crippen molar-refractivity contribution in [3.05, 3.63) is 57.8 Å². The molecule has 1 aromatic carbocycles. The van der Waals surface area contributed by atoms with Crippen molar-refractivity contribution in [2.75, 3.05) is 0 Å². The summed E-state index contributed by atoms with van der Waals surface area (Å²) in [6.45, 7) is 23.6. The minimum atomic E-state index is -1.01. The van der Waals surface area contributed by atoms with Gasteiger partial charge in [0.05, 0.1) is 16.6 Å². The lowest BCUT2D eigenvalue weighted by Gasteiger charge is -2.48. The van der Waals surface area contributed by atoms with Gasteiger partial charge in [-0.05, 0) is 85.6 Å². The lowest BCUT2D eigenvalue weighted by atomic mass is 10.0. The predicted molar refractivity (Wildman–Crippen MR) is 118 cm³/mol. The number of hydrogen-bond donors (Lipinski definition) is 0. The third-order valence-corrected chi connectivity index (χ3v) is 10.0. The normalized spacial score (nSPS) is 22.1. The third kappa shape index (κ3) is 3.14. The fourth-order valence-electron chi connectivity index (χ4n) is 4.44. The van der Waals surface area contributed by atoms with E-state index in [1.54, 1.807) is 10.8 Å². The summed E-state index contributed by atoms with van der Waals surface area (Å²) in [5, 5.41) is 1.68. The Hall–Kier alpha value is -1.61. The van der Waals surface area contributed by atoms with Gasteiger partial charge in [-0.3, -0.25) is 8.81 Å². The predicted octanol–water partition coefficient (Wildman–Crippen LogP) is 5.69. The van der Waals surface area contributed by atoms with Crippen molar-refractivity contribution < 1.29 is 4.24 Å². The maximum absolute atomic E-state index is 2.75. The summed E-state index contributed by atoms with van der Waals surface area (Å²) < 4.78 is 5.50. The summed E-state index contributed by atoms with van der Waals surface area (Å²) in [4.78, 5) is 0. The Kier molecular flexibility index (Phi) is 4.83. The van der Waals surface area contributed by atoms with Gasteiger partial charge in [0.25, 0.3) is 5.84 Å². The van der Waals surface area contributed by atoms with Crippen molar-refractivity contribution in [3.8, 4) is 0 Å². The Morgan fingerprint density at radius 1 is 0.889 bits per heavy atom. The zero-order chi connectivity index (χ0) is 20.3. The minimum Gasteiger partial charge on any atom is -0.264 e. The largest absolute Gasteiger partial charge is 0.592 e. The molecule has 0 bridgehead atoms. The molecule has 27 heavy (non-hydrogen) atoms. The van der Waals surface area contributed by atoms with Crippen molar-refractivity contribution in [2.24, 2.45) is 5.92 Å². The van der Waals surface area contributed by atoms with Crippen LogP contribution in [-0.4, -0.2) is 34.8 Å². The fourth-order valence-corrected chi connectivity index (χ4v) is 8.24. The smallest absolute Gasteiger partial charge is 0.264 e. The first-order chi connectivity index (χ1) is 12.4. The molecule has 1 aromatic rings. The topological polar surface area (TPSA) is 6.25 Å². The highest BCUT2D eigenvalue weighted by atomic mass is 28.3. The first-order valence-electron chi connectivity index (χ1n) is 10.2. The first kappa shape index (κ1) is 20.1. The third-order valence-electron chi connectivity index (χ3n) is 6.10. The second-order valence-corrected chi connectivity index (χ2v) is 12.2. The van der Waals surface area contributed by atoms with Crippen molar-refractivity contribution in [1.29, 1.82) is 0 Å². The molecule has 1 atom stereocenters. The van der Waals surface area contributed by atoms with Crippen LogP contribution < -0.4 is 0 Å². The van der Waals surface area contributed by atoms with E-state index in [0.29, 0.717) is 5.92 Å². The van der Waals surface area contributed by atoms with Gasteiger partial charge >= 0.3 is 9.12 Å². The quantitative estimate of drug-likeness (QED) is 0.598. The van der Waals surface area contributed by atoms with Crippen molar-refractivity contribution in [1.82, 2.24) is 4.57 Å². The lowest BCUT2D eigenvalue weighted by molar-refractivity contribution is -0.506. The van der Waals surface area contributed by atoms with Crippen LogP contribution in [0.5, 0.6) is 0 Å². The van der Waals surface area contributed by atoms with E-state index in [2.05, 4.69) is 108 Å². The van der Waals surface area contributed by atoms with Crippen LogP contribution in [0.15, 0.2) is 52.2 Å². The number of hydrogen-bond acceptors (Lipinski definition) is 1. The molecule has 1 unspecified atom stereocenters. The van der Waals surface area contributed by atoms with E-state index in [9.17, 15) is 0 Å². The van der Waals surface area contributed by atoms with E-state index in [0.717, 1.165) is 0 Å². The average molecular weight is 381 g/mol. The van der Waals surface area contributed by atoms with Crippen molar-refractivity contribution in [2.45, 2.75) is 80.3 Å². The van der Waals surface area contributed by atoms with Gasteiger partial charge in [-0.2, -0.15) is 0 Å². The van der Waals surface area contributed by atoms with E-state index < -0.39 is 9.12 Å². The average Bonchev–Trinajstić information content (AvgIpc) is 2.70. The zero-order valence-electron chi connectivity index (χ0n) is 18.9. The molecule has 0 saturated heterocycles. The Labute approximate surface area is 168 Å². The van der Waals surface area contributed by atoms with Crippen LogP contribution in [0.25, 0.3) is 0 Å². The summed E-state index contributed by atoms with van der Waals surface area (Å²) in [5.74, 6) is 1.95. The molecule has 1 radical (unpaired) electrons. The van der Waals surface area contributed by atoms with Crippen molar-refractivity contribution >= 4 is 15.0 Å². The van der Waals surface area contributed by atoms with Crippen LogP contribution >= 0.6 is 0 Å². The molecule has 0 aromatic heterocycles. The van der Waals surface area contributed by atoms with E-state index in [1.165, 1.54) is 22.5 Å².